The Kier molecular flexibility index (Phi) is 4.93. The van der Waals surface area contributed by atoms with E-state index in [2.05, 4.69) is 5.10 Å². The van der Waals surface area contributed by atoms with Gasteiger partial charge in [0.05, 0.1) is 23.7 Å². The lowest BCUT2D eigenvalue weighted by atomic mass is 9.94. The maximum absolute atomic E-state index is 12.3. The van der Waals surface area contributed by atoms with Crippen molar-refractivity contribution in [2.75, 3.05) is 5.75 Å². The third-order valence-electron chi connectivity index (χ3n) is 3.93. The topological polar surface area (TPSA) is 122 Å². The number of rotatable bonds is 4. The van der Waals surface area contributed by atoms with Crippen molar-refractivity contribution in [1.82, 2.24) is 9.78 Å². The smallest absolute Gasteiger partial charge is 0.181 e. The van der Waals surface area contributed by atoms with Crippen LogP contribution in [-0.2, 0) is 21.6 Å². The molecule has 0 aliphatic carbocycles. The summed E-state index contributed by atoms with van der Waals surface area (Å²) in [5, 5.41) is 33.3. The van der Waals surface area contributed by atoms with Gasteiger partial charge in [-0.05, 0) is 20.3 Å². The first-order chi connectivity index (χ1) is 10.1. The molecule has 8 nitrogen and oxygen atoms in total. The van der Waals surface area contributed by atoms with Crippen LogP contribution < -0.4 is 0 Å². The number of aryl methyl sites for hydroxylation is 2. The Hall–Kier alpha value is -1.00. The minimum Gasteiger partial charge on any atom is -0.388 e. The highest BCUT2D eigenvalue weighted by Gasteiger charge is 2.41. The Morgan fingerprint density at radius 3 is 2.45 bits per heavy atom. The van der Waals surface area contributed by atoms with E-state index in [1.54, 1.807) is 20.9 Å². The zero-order valence-corrected chi connectivity index (χ0v) is 13.6. The number of hydrogen-bond acceptors (Lipinski definition) is 7. The van der Waals surface area contributed by atoms with E-state index in [0.29, 0.717) is 5.69 Å². The molecule has 3 N–H and O–H groups in total. The molecule has 1 aromatic heterocycles. The van der Waals surface area contributed by atoms with E-state index in [4.69, 9.17) is 4.74 Å². The molecule has 126 valence electrons. The van der Waals surface area contributed by atoms with Crippen molar-refractivity contribution in [3.8, 4) is 0 Å². The van der Waals surface area contributed by atoms with Gasteiger partial charge in [0.25, 0.3) is 0 Å². The minimum atomic E-state index is -3.56. The Morgan fingerprint density at radius 2 is 1.91 bits per heavy atom. The van der Waals surface area contributed by atoms with Crippen LogP contribution in [0.1, 0.15) is 19.0 Å². The molecule has 2 heterocycles. The van der Waals surface area contributed by atoms with Crippen molar-refractivity contribution in [2.24, 2.45) is 7.05 Å². The van der Waals surface area contributed by atoms with E-state index in [-0.39, 0.29) is 17.1 Å². The van der Waals surface area contributed by atoms with Crippen molar-refractivity contribution in [3.05, 3.63) is 11.9 Å². The SMILES string of the molecule is Cc1nn(C)cc1S(=O)(=O)CC[C@H]1OC(C)[C@@H](O)[C@H](O)C1O. The lowest BCUT2D eigenvalue weighted by Crippen LogP contribution is -2.56. The molecule has 0 radical (unpaired) electrons. The maximum Gasteiger partial charge on any atom is 0.181 e. The number of aliphatic hydroxyl groups excluding tert-OH is 3. The predicted octanol–water partition coefficient (Wildman–Crippen LogP) is -1.24. The number of aromatic nitrogens is 2. The standard InChI is InChI=1S/C13H22N2O6S/c1-7-10(6-15(3)14-7)22(19,20)5-4-9-12(17)13(18)11(16)8(2)21-9/h6,8-9,11-13,16-18H,4-5H2,1-3H3/t8?,9-,11-,12?,13+/m1/s1. The Labute approximate surface area is 129 Å². The molecular weight excluding hydrogens is 312 g/mol. The fraction of sp³-hybridized carbons (Fsp3) is 0.769. The summed E-state index contributed by atoms with van der Waals surface area (Å²) in [6.07, 6.45) is -3.93. The zero-order valence-electron chi connectivity index (χ0n) is 12.7. The first kappa shape index (κ1) is 17.4. The molecule has 1 aliphatic heterocycles. The minimum absolute atomic E-state index is 0.0198. The van der Waals surface area contributed by atoms with Crippen LogP contribution in [0.2, 0.25) is 0 Å². The fourth-order valence-electron chi connectivity index (χ4n) is 2.64. The van der Waals surface area contributed by atoms with Crippen molar-refractivity contribution < 1.29 is 28.5 Å². The van der Waals surface area contributed by atoms with Crippen molar-refractivity contribution >= 4 is 9.84 Å². The van der Waals surface area contributed by atoms with Gasteiger partial charge in [-0.25, -0.2) is 8.42 Å². The summed E-state index contributed by atoms with van der Waals surface area (Å²) in [6.45, 7) is 3.17. The summed E-state index contributed by atoms with van der Waals surface area (Å²) in [4.78, 5) is 0.147. The van der Waals surface area contributed by atoms with Gasteiger partial charge in [-0.2, -0.15) is 5.10 Å². The molecule has 2 rings (SSSR count). The molecule has 0 saturated carbocycles. The highest BCUT2D eigenvalue weighted by Crippen LogP contribution is 2.24. The first-order valence-corrected chi connectivity index (χ1v) is 8.71. The lowest BCUT2D eigenvalue weighted by molar-refractivity contribution is -0.217. The third-order valence-corrected chi connectivity index (χ3v) is 5.77. The summed E-state index contributed by atoms with van der Waals surface area (Å²) in [6, 6.07) is 0. The summed E-state index contributed by atoms with van der Waals surface area (Å²) in [7, 11) is -1.92. The zero-order chi connectivity index (χ0) is 16.7. The summed E-state index contributed by atoms with van der Waals surface area (Å²) < 4.78 is 31.5. The predicted molar refractivity (Wildman–Crippen MR) is 77.0 cm³/mol. The van der Waals surface area contributed by atoms with Crippen LogP contribution in [0.4, 0.5) is 0 Å². The molecule has 0 amide bonds. The number of sulfone groups is 1. The maximum atomic E-state index is 12.3. The van der Waals surface area contributed by atoms with E-state index >= 15 is 0 Å². The van der Waals surface area contributed by atoms with Crippen LogP contribution in [0, 0.1) is 6.92 Å². The highest BCUT2D eigenvalue weighted by atomic mass is 32.2. The lowest BCUT2D eigenvalue weighted by Gasteiger charge is -2.39. The fourth-order valence-corrected chi connectivity index (χ4v) is 4.21. The number of nitrogens with zero attached hydrogens (tertiary/aromatic N) is 2. The van der Waals surface area contributed by atoms with E-state index < -0.39 is 40.4 Å². The van der Waals surface area contributed by atoms with Gasteiger partial charge in [-0.1, -0.05) is 0 Å². The van der Waals surface area contributed by atoms with E-state index in [1.807, 2.05) is 0 Å². The Morgan fingerprint density at radius 1 is 1.27 bits per heavy atom. The summed E-state index contributed by atoms with van der Waals surface area (Å²) in [5.41, 5.74) is 0.413. The monoisotopic (exact) mass is 334 g/mol. The molecule has 0 aromatic carbocycles. The van der Waals surface area contributed by atoms with Crippen LogP contribution >= 0.6 is 0 Å². The highest BCUT2D eigenvalue weighted by molar-refractivity contribution is 7.91. The molecule has 1 fully saturated rings. The second-order valence-corrected chi connectivity index (χ2v) is 7.79. The molecular formula is C13H22N2O6S. The quantitative estimate of drug-likeness (QED) is 0.630. The molecule has 5 atom stereocenters. The second-order valence-electron chi connectivity index (χ2n) is 5.71. The molecule has 0 spiro atoms. The van der Waals surface area contributed by atoms with Crippen LogP contribution in [0.5, 0.6) is 0 Å². The van der Waals surface area contributed by atoms with Gasteiger partial charge in [0.15, 0.2) is 9.84 Å². The van der Waals surface area contributed by atoms with Crippen molar-refractivity contribution in [3.63, 3.8) is 0 Å². The molecule has 9 heteroatoms. The summed E-state index contributed by atoms with van der Waals surface area (Å²) in [5.74, 6) is -0.239. The van der Waals surface area contributed by atoms with Gasteiger partial charge in [0.1, 0.15) is 23.2 Å². The van der Waals surface area contributed by atoms with Gasteiger partial charge < -0.3 is 20.1 Å². The van der Waals surface area contributed by atoms with Crippen LogP contribution in [-0.4, -0.2) is 69.8 Å². The molecule has 1 aliphatic rings. The van der Waals surface area contributed by atoms with E-state index in [0.717, 1.165) is 0 Å². The summed E-state index contributed by atoms with van der Waals surface area (Å²) >= 11 is 0. The molecule has 1 aromatic rings. The van der Waals surface area contributed by atoms with E-state index in [1.165, 1.54) is 10.9 Å². The number of hydrogen-bond donors (Lipinski definition) is 3. The Balaban J connectivity index is 2.07. The van der Waals surface area contributed by atoms with E-state index in [9.17, 15) is 23.7 Å². The largest absolute Gasteiger partial charge is 0.388 e. The van der Waals surface area contributed by atoms with Crippen LogP contribution in [0.15, 0.2) is 11.1 Å². The molecule has 0 bridgehead atoms. The van der Waals surface area contributed by atoms with Gasteiger partial charge in [0, 0.05) is 13.2 Å². The average molecular weight is 334 g/mol. The molecule has 1 saturated heterocycles. The third kappa shape index (κ3) is 3.33. The van der Waals surface area contributed by atoms with Gasteiger partial charge in [0.2, 0.25) is 0 Å². The van der Waals surface area contributed by atoms with Gasteiger partial charge in [-0.3, -0.25) is 4.68 Å². The number of aliphatic hydroxyl groups is 3. The average Bonchev–Trinajstić information content (AvgIpc) is 2.79. The van der Waals surface area contributed by atoms with Gasteiger partial charge in [-0.15, -0.1) is 0 Å². The van der Waals surface area contributed by atoms with Crippen molar-refractivity contribution in [1.29, 1.82) is 0 Å². The van der Waals surface area contributed by atoms with Crippen LogP contribution in [0.3, 0.4) is 0 Å². The molecule has 22 heavy (non-hydrogen) atoms. The van der Waals surface area contributed by atoms with Crippen LogP contribution in [0.25, 0.3) is 0 Å². The second kappa shape index (κ2) is 6.25. The normalized spacial score (nSPS) is 33.1. The first-order valence-electron chi connectivity index (χ1n) is 7.06. The molecule has 2 unspecified atom stereocenters. The van der Waals surface area contributed by atoms with Crippen molar-refractivity contribution in [2.45, 2.75) is 55.7 Å². The van der Waals surface area contributed by atoms with Gasteiger partial charge >= 0.3 is 0 Å². The Bertz CT molecular complexity index is 628. The number of ether oxygens (including phenoxy) is 1.